The van der Waals surface area contributed by atoms with Crippen LogP contribution in [-0.2, 0) is 0 Å². The molecule has 124 valence electrons. The van der Waals surface area contributed by atoms with E-state index in [-0.39, 0.29) is 0 Å². The molecule has 0 radical (unpaired) electrons. The van der Waals surface area contributed by atoms with Crippen molar-refractivity contribution in [2.45, 2.75) is 31.7 Å². The molecule has 4 aliphatic rings. The highest BCUT2D eigenvalue weighted by Crippen LogP contribution is 2.45. The van der Waals surface area contributed by atoms with Crippen LogP contribution in [-0.4, -0.2) is 42.2 Å². The van der Waals surface area contributed by atoms with Crippen LogP contribution in [0.15, 0.2) is 6.07 Å². The second-order valence-electron chi connectivity index (χ2n) is 7.98. The molecule has 0 amide bonds. The van der Waals surface area contributed by atoms with E-state index >= 15 is 0 Å². The molecule has 2 aliphatic heterocycles. The molecular formula is C17H26N6. The Hall–Kier alpha value is -1.56. The highest BCUT2D eigenvalue weighted by Gasteiger charge is 2.40. The maximum absolute atomic E-state index is 5.99. The summed E-state index contributed by atoms with van der Waals surface area (Å²) in [7, 11) is 0. The number of rotatable bonds is 3. The third-order valence-electron chi connectivity index (χ3n) is 6.51. The lowest BCUT2D eigenvalue weighted by Gasteiger charge is -2.25. The third kappa shape index (κ3) is 2.43. The summed E-state index contributed by atoms with van der Waals surface area (Å²) in [5, 5.41) is 7.14. The van der Waals surface area contributed by atoms with Crippen molar-refractivity contribution < 1.29 is 0 Å². The number of hydrogen-bond acceptors (Lipinski definition) is 6. The second kappa shape index (κ2) is 5.23. The zero-order valence-corrected chi connectivity index (χ0v) is 13.5. The van der Waals surface area contributed by atoms with Crippen molar-refractivity contribution in [3.8, 4) is 0 Å². The van der Waals surface area contributed by atoms with Crippen LogP contribution in [0.2, 0.25) is 0 Å². The Kier molecular flexibility index (Phi) is 3.15. The van der Waals surface area contributed by atoms with Gasteiger partial charge in [-0.15, -0.1) is 0 Å². The third-order valence-corrected chi connectivity index (χ3v) is 6.51. The van der Waals surface area contributed by atoms with Gasteiger partial charge in [-0.2, -0.15) is 9.97 Å². The van der Waals surface area contributed by atoms with Crippen LogP contribution in [0.3, 0.4) is 0 Å². The highest BCUT2D eigenvalue weighted by atomic mass is 15.3. The van der Waals surface area contributed by atoms with Gasteiger partial charge < -0.3 is 21.3 Å². The average molecular weight is 314 g/mol. The summed E-state index contributed by atoms with van der Waals surface area (Å²) in [4.78, 5) is 11.3. The molecule has 5 atom stereocenters. The molecule has 4 N–H and O–H groups in total. The fourth-order valence-electron chi connectivity index (χ4n) is 5.34. The van der Waals surface area contributed by atoms with E-state index in [9.17, 15) is 0 Å². The largest absolute Gasteiger partial charge is 0.368 e. The molecular weight excluding hydrogens is 288 g/mol. The Morgan fingerprint density at radius 3 is 2.61 bits per heavy atom. The molecule has 0 unspecified atom stereocenters. The molecule has 5 rings (SSSR count). The molecule has 6 heteroatoms. The van der Waals surface area contributed by atoms with Gasteiger partial charge in [0.25, 0.3) is 0 Å². The monoisotopic (exact) mass is 314 g/mol. The number of anilines is 3. The van der Waals surface area contributed by atoms with E-state index in [1.54, 1.807) is 0 Å². The average Bonchev–Trinajstić information content (AvgIpc) is 3.26. The van der Waals surface area contributed by atoms with Gasteiger partial charge in [0.1, 0.15) is 11.6 Å². The first kappa shape index (κ1) is 13.8. The van der Waals surface area contributed by atoms with Gasteiger partial charge in [0, 0.05) is 38.3 Å². The van der Waals surface area contributed by atoms with Crippen LogP contribution in [0.1, 0.15) is 25.7 Å². The van der Waals surface area contributed by atoms with Gasteiger partial charge in [-0.25, -0.2) is 0 Å². The quantitative estimate of drug-likeness (QED) is 0.781. The van der Waals surface area contributed by atoms with E-state index in [4.69, 9.17) is 5.73 Å². The molecule has 2 saturated carbocycles. The van der Waals surface area contributed by atoms with E-state index in [0.29, 0.717) is 12.0 Å². The van der Waals surface area contributed by atoms with Gasteiger partial charge in [0.2, 0.25) is 5.95 Å². The van der Waals surface area contributed by atoms with E-state index in [2.05, 4.69) is 31.6 Å². The first-order valence-electron chi connectivity index (χ1n) is 9.11. The van der Waals surface area contributed by atoms with Crippen molar-refractivity contribution in [1.29, 1.82) is 0 Å². The molecule has 0 aromatic carbocycles. The maximum atomic E-state index is 5.99. The summed E-state index contributed by atoms with van der Waals surface area (Å²) in [6.45, 7) is 4.44. The van der Waals surface area contributed by atoms with Crippen LogP contribution in [0, 0.1) is 23.7 Å². The van der Waals surface area contributed by atoms with Crippen molar-refractivity contribution in [2.75, 3.05) is 42.1 Å². The van der Waals surface area contributed by atoms with Gasteiger partial charge in [0.15, 0.2) is 0 Å². The number of nitrogens with zero attached hydrogens (tertiary/aromatic N) is 3. The molecule has 23 heavy (non-hydrogen) atoms. The lowest BCUT2D eigenvalue weighted by Crippen LogP contribution is -2.28. The lowest BCUT2D eigenvalue weighted by atomic mass is 9.95. The highest BCUT2D eigenvalue weighted by molar-refractivity contribution is 5.54. The Bertz CT molecular complexity index is 593. The molecule has 2 aliphatic carbocycles. The number of hydrogen-bond donors (Lipinski definition) is 3. The normalized spacial score (nSPS) is 38.3. The zero-order chi connectivity index (χ0) is 15.4. The molecule has 6 nitrogen and oxygen atoms in total. The van der Waals surface area contributed by atoms with Gasteiger partial charge in [-0.1, -0.05) is 6.42 Å². The number of aromatic nitrogens is 2. The smallest absolute Gasteiger partial charge is 0.223 e. The molecule has 4 fully saturated rings. The Morgan fingerprint density at radius 2 is 1.91 bits per heavy atom. The number of nitrogens with two attached hydrogens (primary N) is 1. The van der Waals surface area contributed by atoms with E-state index < -0.39 is 0 Å². The van der Waals surface area contributed by atoms with Gasteiger partial charge in [-0.3, -0.25) is 0 Å². The van der Waals surface area contributed by atoms with E-state index in [1.165, 1.54) is 25.7 Å². The summed E-state index contributed by atoms with van der Waals surface area (Å²) in [6.07, 6.45) is 5.49. The predicted molar refractivity (Wildman–Crippen MR) is 91.4 cm³/mol. The van der Waals surface area contributed by atoms with Crippen molar-refractivity contribution in [1.82, 2.24) is 15.3 Å². The fourth-order valence-corrected chi connectivity index (χ4v) is 5.34. The molecule has 0 spiro atoms. The SMILES string of the molecule is Nc1nc(N[C@H]2C[C@H]3CC[C@@H]2C3)cc(N2C[C@H]3CNC[C@H]3C2)n1. The summed E-state index contributed by atoms with van der Waals surface area (Å²) >= 11 is 0. The first-order valence-corrected chi connectivity index (χ1v) is 9.11. The van der Waals surface area contributed by atoms with Crippen molar-refractivity contribution in [3.05, 3.63) is 6.07 Å². The van der Waals surface area contributed by atoms with E-state index in [0.717, 1.165) is 61.5 Å². The Balaban J connectivity index is 1.33. The molecule has 2 bridgehead atoms. The lowest BCUT2D eigenvalue weighted by molar-refractivity contribution is 0.439. The first-order chi connectivity index (χ1) is 11.2. The fraction of sp³-hybridized carbons (Fsp3) is 0.765. The van der Waals surface area contributed by atoms with Crippen LogP contribution in [0.25, 0.3) is 0 Å². The van der Waals surface area contributed by atoms with Crippen molar-refractivity contribution in [2.24, 2.45) is 23.7 Å². The zero-order valence-electron chi connectivity index (χ0n) is 13.5. The summed E-state index contributed by atoms with van der Waals surface area (Å²) in [6, 6.07) is 2.69. The minimum absolute atomic E-state index is 0.392. The summed E-state index contributed by atoms with van der Waals surface area (Å²) < 4.78 is 0. The minimum atomic E-state index is 0.392. The van der Waals surface area contributed by atoms with E-state index in [1.807, 2.05) is 0 Å². The minimum Gasteiger partial charge on any atom is -0.368 e. The van der Waals surface area contributed by atoms with Gasteiger partial charge in [0.05, 0.1) is 0 Å². The maximum Gasteiger partial charge on any atom is 0.223 e. The Labute approximate surface area is 137 Å². The van der Waals surface area contributed by atoms with Crippen molar-refractivity contribution in [3.63, 3.8) is 0 Å². The molecule has 1 aromatic heterocycles. The standard InChI is InChI=1S/C17H26N6/c18-17-21-15(20-14-4-10-1-2-11(14)3-10)5-16(22-17)23-8-12-6-19-7-13(12)9-23/h5,10-14,19H,1-4,6-9H2,(H3,18,20,21,22)/t10-,11+,12-,13+,14-/m0/s1. The molecule has 3 heterocycles. The number of fused-ring (bicyclic) bond motifs is 3. The Morgan fingerprint density at radius 1 is 1.09 bits per heavy atom. The van der Waals surface area contributed by atoms with Gasteiger partial charge in [-0.05, 0) is 42.9 Å². The van der Waals surface area contributed by atoms with Gasteiger partial charge >= 0.3 is 0 Å². The molecule has 2 saturated heterocycles. The summed E-state index contributed by atoms with van der Waals surface area (Å²) in [5.74, 6) is 5.58. The van der Waals surface area contributed by atoms with Crippen LogP contribution in [0.4, 0.5) is 17.6 Å². The molecule has 1 aromatic rings. The summed E-state index contributed by atoms with van der Waals surface area (Å²) in [5.41, 5.74) is 5.99. The number of nitrogen functional groups attached to an aromatic ring is 1. The van der Waals surface area contributed by atoms with Crippen LogP contribution in [0.5, 0.6) is 0 Å². The predicted octanol–water partition coefficient (Wildman–Crippen LogP) is 1.31. The van der Waals surface area contributed by atoms with Crippen LogP contribution >= 0.6 is 0 Å². The second-order valence-corrected chi connectivity index (χ2v) is 7.98. The van der Waals surface area contributed by atoms with Crippen LogP contribution < -0.4 is 21.3 Å². The topological polar surface area (TPSA) is 79.1 Å². The number of nitrogens with one attached hydrogen (secondary N) is 2. The van der Waals surface area contributed by atoms with Crippen molar-refractivity contribution >= 4 is 17.6 Å².